The van der Waals surface area contributed by atoms with Crippen LogP contribution in [0.25, 0.3) is 0 Å². The van der Waals surface area contributed by atoms with Gasteiger partial charge >= 0.3 is 0 Å². The topological polar surface area (TPSA) is 93.5 Å². The number of methoxy groups -OCH3 is 1. The summed E-state index contributed by atoms with van der Waals surface area (Å²) in [7, 11) is -0.893. The van der Waals surface area contributed by atoms with Crippen molar-refractivity contribution in [3.63, 3.8) is 0 Å². The highest BCUT2D eigenvalue weighted by Crippen LogP contribution is 2.31. The zero-order valence-electron chi connectivity index (χ0n) is 19.1. The molecule has 0 spiro atoms. The molecule has 0 unspecified atom stereocenters. The molecule has 0 fully saturated rings. The Bertz CT molecular complexity index is 1230. The average Bonchev–Trinajstić information content (AvgIpc) is 3.13. The number of hydrogen-bond acceptors (Lipinski definition) is 5. The van der Waals surface area contributed by atoms with E-state index in [1.807, 2.05) is 27.7 Å². The molecule has 1 aromatic heterocycles. The van der Waals surface area contributed by atoms with Gasteiger partial charge in [0.05, 0.1) is 28.9 Å². The van der Waals surface area contributed by atoms with Crippen LogP contribution < -0.4 is 14.4 Å². The first kappa shape index (κ1) is 23.3. The third-order valence-electron chi connectivity index (χ3n) is 4.91. The van der Waals surface area contributed by atoms with Crippen molar-refractivity contribution in [2.75, 3.05) is 23.8 Å². The second-order valence-corrected chi connectivity index (χ2v) is 10.3. The van der Waals surface area contributed by atoms with Crippen LogP contribution in [-0.2, 0) is 15.6 Å². The molecule has 0 bridgehead atoms. The van der Waals surface area contributed by atoms with Crippen LogP contribution in [0, 0.1) is 6.92 Å². The maximum atomic E-state index is 13.1. The normalized spacial score (nSPS) is 11.8. The SMILES string of the molecule is COc1ccccc1N(C)S(=O)(=O)c1ccc(C(=O)Nc2cc(C)nn2C(C)(C)C)cc1. The molecule has 3 aromatic rings. The lowest BCUT2D eigenvalue weighted by atomic mass is 10.1. The Morgan fingerprint density at radius 1 is 1.09 bits per heavy atom. The molecule has 2 aromatic carbocycles. The van der Waals surface area contributed by atoms with Gasteiger partial charge in [-0.05, 0) is 64.1 Å². The van der Waals surface area contributed by atoms with Gasteiger partial charge in [-0.3, -0.25) is 9.10 Å². The van der Waals surface area contributed by atoms with E-state index < -0.39 is 10.0 Å². The van der Waals surface area contributed by atoms with Crippen LogP contribution >= 0.6 is 0 Å². The molecule has 3 rings (SSSR count). The van der Waals surface area contributed by atoms with Gasteiger partial charge in [-0.25, -0.2) is 13.1 Å². The van der Waals surface area contributed by atoms with E-state index in [9.17, 15) is 13.2 Å². The van der Waals surface area contributed by atoms with Gasteiger partial charge in [-0.1, -0.05) is 12.1 Å². The van der Waals surface area contributed by atoms with Crippen molar-refractivity contribution < 1.29 is 17.9 Å². The number of carbonyl (C=O) groups excluding carboxylic acids is 1. The predicted molar refractivity (Wildman–Crippen MR) is 125 cm³/mol. The lowest BCUT2D eigenvalue weighted by Gasteiger charge is -2.22. The van der Waals surface area contributed by atoms with Crippen molar-refractivity contribution in [1.29, 1.82) is 0 Å². The zero-order chi connectivity index (χ0) is 23.7. The van der Waals surface area contributed by atoms with Crippen molar-refractivity contribution >= 4 is 27.4 Å². The fourth-order valence-electron chi connectivity index (χ4n) is 3.24. The van der Waals surface area contributed by atoms with Crippen LogP contribution in [-0.4, -0.2) is 38.3 Å². The summed E-state index contributed by atoms with van der Waals surface area (Å²) in [5.41, 5.74) is 1.24. The fraction of sp³-hybridized carbons (Fsp3) is 0.304. The van der Waals surface area contributed by atoms with E-state index in [2.05, 4.69) is 10.4 Å². The molecule has 0 aliphatic rings. The summed E-state index contributed by atoms with van der Waals surface area (Å²) < 4.78 is 34.4. The second kappa shape index (κ2) is 8.66. The molecule has 0 saturated carbocycles. The second-order valence-electron chi connectivity index (χ2n) is 8.38. The maximum absolute atomic E-state index is 13.1. The molecule has 0 aliphatic carbocycles. The van der Waals surface area contributed by atoms with Crippen molar-refractivity contribution in [2.45, 2.75) is 38.1 Å². The van der Waals surface area contributed by atoms with Crippen molar-refractivity contribution in [3.8, 4) is 5.75 Å². The number of nitrogens with zero attached hydrogens (tertiary/aromatic N) is 3. The number of amides is 1. The van der Waals surface area contributed by atoms with Crippen LogP contribution in [0.3, 0.4) is 0 Å². The molecule has 1 amide bonds. The van der Waals surface area contributed by atoms with Crippen molar-refractivity contribution in [3.05, 3.63) is 65.9 Å². The lowest BCUT2D eigenvalue weighted by molar-refractivity contribution is 0.102. The number of aryl methyl sites for hydroxylation is 1. The van der Waals surface area contributed by atoms with Gasteiger partial charge in [0.2, 0.25) is 0 Å². The van der Waals surface area contributed by atoms with Crippen LogP contribution in [0.15, 0.2) is 59.5 Å². The van der Waals surface area contributed by atoms with Gasteiger partial charge in [-0.15, -0.1) is 0 Å². The van der Waals surface area contributed by atoms with Gasteiger partial charge in [0.15, 0.2) is 0 Å². The van der Waals surface area contributed by atoms with E-state index in [4.69, 9.17) is 4.74 Å². The van der Waals surface area contributed by atoms with Crippen LogP contribution in [0.5, 0.6) is 5.75 Å². The van der Waals surface area contributed by atoms with Gasteiger partial charge < -0.3 is 10.1 Å². The number of carbonyl (C=O) groups is 1. The number of rotatable bonds is 6. The fourth-order valence-corrected chi connectivity index (χ4v) is 4.45. The molecule has 32 heavy (non-hydrogen) atoms. The third kappa shape index (κ3) is 4.62. The van der Waals surface area contributed by atoms with Gasteiger partial charge in [0, 0.05) is 18.7 Å². The number of para-hydroxylation sites is 2. The number of benzene rings is 2. The minimum atomic E-state index is -3.84. The highest BCUT2D eigenvalue weighted by atomic mass is 32.2. The van der Waals surface area contributed by atoms with Gasteiger partial charge in [-0.2, -0.15) is 5.10 Å². The van der Waals surface area contributed by atoms with E-state index in [-0.39, 0.29) is 16.3 Å². The van der Waals surface area contributed by atoms with Crippen LogP contribution in [0.1, 0.15) is 36.8 Å². The summed E-state index contributed by atoms with van der Waals surface area (Å²) in [5.74, 6) is 0.672. The summed E-state index contributed by atoms with van der Waals surface area (Å²) in [6, 6.07) is 14.5. The van der Waals surface area contributed by atoms with E-state index in [1.165, 1.54) is 38.4 Å². The van der Waals surface area contributed by atoms with Crippen LogP contribution in [0.4, 0.5) is 11.5 Å². The Kier molecular flexibility index (Phi) is 6.32. The molecule has 1 heterocycles. The Morgan fingerprint density at radius 2 is 1.72 bits per heavy atom. The number of nitrogens with one attached hydrogen (secondary N) is 1. The molecule has 8 nitrogen and oxygen atoms in total. The standard InChI is InChI=1S/C23H28N4O4S/c1-16-15-21(27(25-16)23(2,3)4)24-22(28)17-11-13-18(14-12-17)32(29,30)26(5)19-9-7-8-10-20(19)31-6/h7-15H,1-6H3,(H,24,28). The van der Waals surface area contributed by atoms with Gasteiger partial charge in [0.1, 0.15) is 11.6 Å². The minimum absolute atomic E-state index is 0.0676. The maximum Gasteiger partial charge on any atom is 0.264 e. The first-order valence-corrected chi connectivity index (χ1v) is 11.5. The number of ether oxygens (including phenoxy) is 1. The summed E-state index contributed by atoms with van der Waals surface area (Å²) in [5, 5.41) is 7.31. The average molecular weight is 457 g/mol. The third-order valence-corrected chi connectivity index (χ3v) is 6.69. The lowest BCUT2D eigenvalue weighted by Crippen LogP contribution is -2.27. The number of hydrogen-bond donors (Lipinski definition) is 1. The first-order chi connectivity index (χ1) is 14.9. The minimum Gasteiger partial charge on any atom is -0.495 e. The van der Waals surface area contributed by atoms with E-state index in [1.54, 1.807) is 35.0 Å². The Balaban J connectivity index is 1.84. The molecule has 9 heteroatoms. The Morgan fingerprint density at radius 3 is 2.31 bits per heavy atom. The summed E-state index contributed by atoms with van der Waals surface area (Å²) in [6.07, 6.45) is 0. The Hall–Kier alpha value is -3.33. The first-order valence-electron chi connectivity index (χ1n) is 10.1. The zero-order valence-corrected chi connectivity index (χ0v) is 19.9. The highest BCUT2D eigenvalue weighted by molar-refractivity contribution is 7.92. The smallest absolute Gasteiger partial charge is 0.264 e. The van der Waals surface area contributed by atoms with Crippen molar-refractivity contribution in [1.82, 2.24) is 9.78 Å². The Labute approximate surface area is 188 Å². The molecule has 0 radical (unpaired) electrons. The quantitative estimate of drug-likeness (QED) is 0.604. The molecule has 0 aliphatic heterocycles. The summed E-state index contributed by atoms with van der Waals surface area (Å²) in [4.78, 5) is 12.8. The van der Waals surface area contributed by atoms with Gasteiger partial charge in [0.25, 0.3) is 15.9 Å². The van der Waals surface area contributed by atoms with Crippen LogP contribution in [0.2, 0.25) is 0 Å². The summed E-state index contributed by atoms with van der Waals surface area (Å²) in [6.45, 7) is 7.84. The van der Waals surface area contributed by atoms with E-state index in [0.717, 1.165) is 10.00 Å². The monoisotopic (exact) mass is 456 g/mol. The molecular formula is C23H28N4O4S. The predicted octanol–water partition coefficient (Wildman–Crippen LogP) is 4.03. The molecule has 1 N–H and O–H groups in total. The number of sulfonamides is 1. The number of aromatic nitrogens is 2. The highest BCUT2D eigenvalue weighted by Gasteiger charge is 2.24. The molecular weight excluding hydrogens is 428 g/mol. The number of anilines is 2. The molecule has 0 atom stereocenters. The van der Waals surface area contributed by atoms with E-state index in [0.29, 0.717) is 22.8 Å². The van der Waals surface area contributed by atoms with E-state index >= 15 is 0 Å². The van der Waals surface area contributed by atoms with Crippen molar-refractivity contribution in [2.24, 2.45) is 0 Å². The summed E-state index contributed by atoms with van der Waals surface area (Å²) >= 11 is 0. The molecule has 0 saturated heterocycles. The largest absolute Gasteiger partial charge is 0.495 e. The molecule has 170 valence electrons.